The zero-order valence-corrected chi connectivity index (χ0v) is 10.1. The minimum Gasteiger partial charge on any atom is -0.456 e. The standard InChI is InChI=1S/C13H16N2O2/c1-15(2)8-11-12(9-17-13(11)16)14-10-6-4-3-5-7-10/h3-7,14H,8-9H2,1-2H3. The van der Waals surface area contributed by atoms with E-state index in [1.807, 2.05) is 49.3 Å². The highest BCUT2D eigenvalue weighted by Crippen LogP contribution is 2.19. The minimum atomic E-state index is -0.225. The van der Waals surface area contributed by atoms with Crippen molar-refractivity contribution in [2.75, 3.05) is 32.6 Å². The molecule has 2 rings (SSSR count). The van der Waals surface area contributed by atoms with Crippen molar-refractivity contribution in [2.24, 2.45) is 0 Å². The summed E-state index contributed by atoms with van der Waals surface area (Å²) in [5.41, 5.74) is 2.53. The second-order valence-electron chi connectivity index (χ2n) is 4.26. The molecule has 0 saturated carbocycles. The van der Waals surface area contributed by atoms with Gasteiger partial charge in [0.05, 0.1) is 11.3 Å². The zero-order chi connectivity index (χ0) is 12.3. The van der Waals surface area contributed by atoms with E-state index in [1.54, 1.807) is 0 Å². The first-order valence-electron chi connectivity index (χ1n) is 5.53. The Hall–Kier alpha value is -1.81. The number of rotatable bonds is 4. The van der Waals surface area contributed by atoms with Gasteiger partial charge < -0.3 is 15.0 Å². The van der Waals surface area contributed by atoms with Gasteiger partial charge in [0.15, 0.2) is 0 Å². The molecule has 0 saturated heterocycles. The third-order valence-corrected chi connectivity index (χ3v) is 2.50. The minimum absolute atomic E-state index is 0.225. The summed E-state index contributed by atoms with van der Waals surface area (Å²) in [7, 11) is 3.86. The number of anilines is 1. The predicted octanol–water partition coefficient (Wildman–Crippen LogP) is 1.47. The van der Waals surface area contributed by atoms with Crippen LogP contribution >= 0.6 is 0 Å². The van der Waals surface area contributed by atoms with Crippen LogP contribution in [0.2, 0.25) is 0 Å². The molecule has 0 aromatic heterocycles. The van der Waals surface area contributed by atoms with Crippen LogP contribution in [0.25, 0.3) is 0 Å². The summed E-state index contributed by atoms with van der Waals surface area (Å²) in [6.45, 7) is 0.922. The van der Waals surface area contributed by atoms with Crippen LogP contribution in [0.15, 0.2) is 41.6 Å². The molecule has 0 unspecified atom stereocenters. The summed E-state index contributed by atoms with van der Waals surface area (Å²) in [6.07, 6.45) is 0. The third kappa shape index (κ3) is 2.85. The Morgan fingerprint density at radius 2 is 2.00 bits per heavy atom. The Morgan fingerprint density at radius 1 is 1.29 bits per heavy atom. The maximum Gasteiger partial charge on any atom is 0.337 e. The molecule has 0 aliphatic carbocycles. The lowest BCUT2D eigenvalue weighted by molar-refractivity contribution is -0.136. The van der Waals surface area contributed by atoms with Gasteiger partial charge in [-0.3, -0.25) is 0 Å². The van der Waals surface area contributed by atoms with Crippen LogP contribution in [-0.2, 0) is 9.53 Å². The molecule has 1 aromatic carbocycles. The van der Waals surface area contributed by atoms with E-state index in [9.17, 15) is 4.79 Å². The lowest BCUT2D eigenvalue weighted by Gasteiger charge is -2.11. The van der Waals surface area contributed by atoms with Crippen molar-refractivity contribution in [3.05, 3.63) is 41.6 Å². The van der Waals surface area contributed by atoms with Gasteiger partial charge in [0, 0.05) is 12.2 Å². The highest BCUT2D eigenvalue weighted by Gasteiger charge is 2.25. The molecule has 1 aliphatic rings. The number of benzene rings is 1. The molecule has 90 valence electrons. The van der Waals surface area contributed by atoms with Crippen LogP contribution < -0.4 is 5.32 Å². The predicted molar refractivity (Wildman–Crippen MR) is 66.6 cm³/mol. The Bertz CT molecular complexity index is 438. The van der Waals surface area contributed by atoms with Crippen molar-refractivity contribution in [3.8, 4) is 0 Å². The number of cyclic esters (lactones) is 1. The van der Waals surface area contributed by atoms with Crippen molar-refractivity contribution < 1.29 is 9.53 Å². The lowest BCUT2D eigenvalue weighted by atomic mass is 10.2. The van der Waals surface area contributed by atoms with Gasteiger partial charge in [-0.2, -0.15) is 0 Å². The third-order valence-electron chi connectivity index (χ3n) is 2.50. The van der Waals surface area contributed by atoms with E-state index in [2.05, 4.69) is 5.32 Å². The van der Waals surface area contributed by atoms with Crippen molar-refractivity contribution in [1.29, 1.82) is 0 Å². The highest BCUT2D eigenvalue weighted by molar-refractivity contribution is 5.93. The van der Waals surface area contributed by atoms with Crippen molar-refractivity contribution >= 4 is 11.7 Å². The molecular weight excluding hydrogens is 216 g/mol. The van der Waals surface area contributed by atoms with Crippen LogP contribution in [0.5, 0.6) is 0 Å². The summed E-state index contributed by atoms with van der Waals surface area (Å²) in [5, 5.41) is 3.23. The van der Waals surface area contributed by atoms with Crippen LogP contribution in [0.3, 0.4) is 0 Å². The van der Waals surface area contributed by atoms with Gasteiger partial charge >= 0.3 is 5.97 Å². The number of nitrogens with one attached hydrogen (secondary N) is 1. The first-order valence-corrected chi connectivity index (χ1v) is 5.53. The van der Waals surface area contributed by atoms with Crippen LogP contribution in [0.4, 0.5) is 5.69 Å². The Kier molecular flexibility index (Phi) is 3.44. The SMILES string of the molecule is CN(C)CC1=C(Nc2ccccc2)COC1=O. The van der Waals surface area contributed by atoms with E-state index in [-0.39, 0.29) is 5.97 Å². The smallest absolute Gasteiger partial charge is 0.337 e. The molecule has 0 amide bonds. The Morgan fingerprint density at radius 3 is 2.65 bits per heavy atom. The number of esters is 1. The number of likely N-dealkylation sites (N-methyl/N-ethyl adjacent to an activating group) is 1. The summed E-state index contributed by atoms with van der Waals surface area (Å²) in [4.78, 5) is 13.5. The molecule has 4 nitrogen and oxygen atoms in total. The second-order valence-corrected chi connectivity index (χ2v) is 4.26. The zero-order valence-electron chi connectivity index (χ0n) is 10.1. The molecule has 0 radical (unpaired) electrons. The van der Waals surface area contributed by atoms with E-state index in [0.717, 1.165) is 11.4 Å². The van der Waals surface area contributed by atoms with Crippen molar-refractivity contribution in [2.45, 2.75) is 0 Å². The fourth-order valence-electron chi connectivity index (χ4n) is 1.72. The molecule has 0 bridgehead atoms. The number of para-hydroxylation sites is 1. The molecular formula is C13H16N2O2. The van der Waals surface area contributed by atoms with Gasteiger partial charge in [0.1, 0.15) is 6.61 Å². The van der Waals surface area contributed by atoms with Crippen molar-refractivity contribution in [1.82, 2.24) is 4.90 Å². The first kappa shape index (κ1) is 11.7. The number of ether oxygens (including phenoxy) is 1. The van der Waals surface area contributed by atoms with E-state index in [0.29, 0.717) is 18.7 Å². The average molecular weight is 232 g/mol. The number of carbonyl (C=O) groups excluding carboxylic acids is 1. The number of nitrogens with zero attached hydrogens (tertiary/aromatic N) is 1. The fourth-order valence-corrected chi connectivity index (χ4v) is 1.72. The van der Waals surface area contributed by atoms with E-state index < -0.39 is 0 Å². The van der Waals surface area contributed by atoms with Gasteiger partial charge in [0.25, 0.3) is 0 Å². The Labute approximate surface area is 101 Å². The second kappa shape index (κ2) is 5.01. The maximum atomic E-state index is 11.6. The molecule has 0 atom stereocenters. The highest BCUT2D eigenvalue weighted by atomic mass is 16.5. The van der Waals surface area contributed by atoms with E-state index >= 15 is 0 Å². The molecule has 1 aliphatic heterocycles. The van der Waals surface area contributed by atoms with Gasteiger partial charge in [-0.15, -0.1) is 0 Å². The first-order chi connectivity index (χ1) is 8.16. The number of hydrogen-bond acceptors (Lipinski definition) is 4. The summed E-state index contributed by atoms with van der Waals surface area (Å²) < 4.78 is 5.05. The van der Waals surface area contributed by atoms with Crippen molar-refractivity contribution in [3.63, 3.8) is 0 Å². The lowest BCUT2D eigenvalue weighted by Crippen LogP contribution is -2.20. The Balaban J connectivity index is 2.17. The summed E-state index contributed by atoms with van der Waals surface area (Å²) >= 11 is 0. The molecule has 1 N–H and O–H groups in total. The van der Waals surface area contributed by atoms with Crippen LogP contribution in [-0.4, -0.2) is 38.1 Å². The summed E-state index contributed by atoms with van der Waals surface area (Å²) in [6, 6.07) is 9.78. The largest absolute Gasteiger partial charge is 0.456 e. The van der Waals surface area contributed by atoms with Gasteiger partial charge in [-0.05, 0) is 26.2 Å². The van der Waals surface area contributed by atoms with Gasteiger partial charge in [-0.25, -0.2) is 4.79 Å². The van der Waals surface area contributed by atoms with Crippen LogP contribution in [0, 0.1) is 0 Å². The molecule has 0 spiro atoms. The van der Waals surface area contributed by atoms with E-state index in [4.69, 9.17) is 4.74 Å². The molecule has 0 fully saturated rings. The number of hydrogen-bond donors (Lipinski definition) is 1. The molecule has 17 heavy (non-hydrogen) atoms. The quantitative estimate of drug-likeness (QED) is 0.798. The molecule has 1 aromatic rings. The maximum absolute atomic E-state index is 11.6. The van der Waals surface area contributed by atoms with Gasteiger partial charge in [-0.1, -0.05) is 18.2 Å². The average Bonchev–Trinajstić information content (AvgIpc) is 2.62. The fraction of sp³-hybridized carbons (Fsp3) is 0.308. The normalized spacial score (nSPS) is 15.4. The van der Waals surface area contributed by atoms with E-state index in [1.165, 1.54) is 0 Å². The van der Waals surface area contributed by atoms with Gasteiger partial charge in [0.2, 0.25) is 0 Å². The number of carbonyl (C=O) groups is 1. The van der Waals surface area contributed by atoms with Crippen LogP contribution in [0.1, 0.15) is 0 Å². The molecule has 4 heteroatoms. The summed E-state index contributed by atoms with van der Waals surface area (Å²) in [5.74, 6) is -0.225. The monoisotopic (exact) mass is 232 g/mol. The molecule has 1 heterocycles. The topological polar surface area (TPSA) is 41.6 Å².